The van der Waals surface area contributed by atoms with E-state index in [4.69, 9.17) is 10.2 Å². The largest absolute Gasteiger partial charge is 0.460 e. The van der Waals surface area contributed by atoms with Gasteiger partial charge in [-0.3, -0.25) is 0 Å². The normalized spacial score (nSPS) is 10.7. The van der Waals surface area contributed by atoms with Crippen molar-refractivity contribution in [1.82, 2.24) is 14.8 Å². The molecular weight excluding hydrogens is 228 g/mol. The maximum atomic E-state index is 5.95. The zero-order valence-corrected chi connectivity index (χ0v) is 9.87. The van der Waals surface area contributed by atoms with Crippen molar-refractivity contribution >= 4 is 5.69 Å². The summed E-state index contributed by atoms with van der Waals surface area (Å²) < 4.78 is 7.16. The summed E-state index contributed by atoms with van der Waals surface area (Å²) in [6.45, 7) is 1.88. The number of furan rings is 1. The molecule has 0 radical (unpaired) electrons. The van der Waals surface area contributed by atoms with E-state index in [1.807, 2.05) is 37.3 Å². The van der Waals surface area contributed by atoms with Crippen LogP contribution in [0, 0.1) is 6.92 Å². The minimum absolute atomic E-state index is 0.565. The van der Waals surface area contributed by atoms with Crippen LogP contribution in [0.2, 0.25) is 0 Å². The number of anilines is 1. The average Bonchev–Trinajstić information content (AvgIpc) is 2.97. The van der Waals surface area contributed by atoms with Crippen molar-refractivity contribution in [3.63, 3.8) is 0 Å². The number of nitrogens with zero attached hydrogens (tertiary/aromatic N) is 3. The molecule has 3 rings (SSSR count). The second-order valence-corrected chi connectivity index (χ2v) is 3.98. The minimum Gasteiger partial charge on any atom is -0.460 e. The maximum Gasteiger partial charge on any atom is 0.156 e. The number of rotatable bonds is 2. The summed E-state index contributed by atoms with van der Waals surface area (Å²) in [4.78, 5) is 4.22. The fourth-order valence-electron chi connectivity index (χ4n) is 1.75. The van der Waals surface area contributed by atoms with Crippen LogP contribution in [-0.2, 0) is 0 Å². The van der Waals surface area contributed by atoms with Gasteiger partial charge in [-0.15, -0.1) is 0 Å². The van der Waals surface area contributed by atoms with Crippen LogP contribution in [0.3, 0.4) is 0 Å². The summed E-state index contributed by atoms with van der Waals surface area (Å²) in [5, 5.41) is 4.40. The first-order valence-corrected chi connectivity index (χ1v) is 5.57. The first kappa shape index (κ1) is 10.6. The molecule has 0 atom stereocenters. The predicted molar refractivity (Wildman–Crippen MR) is 68.2 cm³/mol. The van der Waals surface area contributed by atoms with Gasteiger partial charge in [-0.05, 0) is 31.2 Å². The Morgan fingerprint density at radius 1 is 1.22 bits per heavy atom. The fraction of sp³-hybridized carbons (Fsp3) is 0.0769. The lowest BCUT2D eigenvalue weighted by Crippen LogP contribution is -1.96. The van der Waals surface area contributed by atoms with Gasteiger partial charge in [0, 0.05) is 6.20 Å². The summed E-state index contributed by atoms with van der Waals surface area (Å²) in [5.74, 6) is 2.22. The summed E-state index contributed by atoms with van der Waals surface area (Å²) >= 11 is 0. The van der Waals surface area contributed by atoms with Gasteiger partial charge in [-0.25, -0.2) is 9.67 Å². The smallest absolute Gasteiger partial charge is 0.156 e. The molecule has 0 aliphatic heterocycles. The number of hydrogen-bond acceptors (Lipinski definition) is 4. The molecule has 0 bridgehead atoms. The molecule has 5 nitrogen and oxygen atoms in total. The molecule has 0 spiro atoms. The molecule has 0 saturated carbocycles. The van der Waals surface area contributed by atoms with Crippen LogP contribution in [0.25, 0.3) is 17.3 Å². The van der Waals surface area contributed by atoms with Crippen LogP contribution in [0.5, 0.6) is 0 Å². The topological polar surface area (TPSA) is 69.9 Å². The predicted octanol–water partition coefficient (Wildman–Crippen LogP) is 2.42. The number of aromatic nitrogens is 3. The minimum atomic E-state index is 0.565. The van der Waals surface area contributed by atoms with Gasteiger partial charge < -0.3 is 10.2 Å². The number of nitrogens with two attached hydrogens (primary N) is 1. The Balaban J connectivity index is 2.06. The molecule has 0 aliphatic rings. The highest BCUT2D eigenvalue weighted by atomic mass is 16.3. The van der Waals surface area contributed by atoms with E-state index in [2.05, 4.69) is 10.1 Å². The van der Waals surface area contributed by atoms with Gasteiger partial charge in [0.25, 0.3) is 0 Å². The summed E-state index contributed by atoms with van der Waals surface area (Å²) in [6, 6.07) is 9.36. The van der Waals surface area contributed by atoms with Crippen LogP contribution in [0.15, 0.2) is 47.1 Å². The van der Waals surface area contributed by atoms with Crippen LogP contribution in [0.4, 0.5) is 5.69 Å². The highest BCUT2D eigenvalue weighted by molar-refractivity contribution is 5.68. The average molecular weight is 240 g/mol. The summed E-state index contributed by atoms with van der Waals surface area (Å²) in [6.07, 6.45) is 3.44. The van der Waals surface area contributed by atoms with Crippen molar-refractivity contribution in [2.24, 2.45) is 0 Å². The third-order valence-electron chi connectivity index (χ3n) is 2.60. The van der Waals surface area contributed by atoms with Gasteiger partial charge in [0.1, 0.15) is 5.76 Å². The van der Waals surface area contributed by atoms with E-state index in [1.165, 1.54) is 0 Å². The first-order chi connectivity index (χ1) is 8.74. The van der Waals surface area contributed by atoms with E-state index in [9.17, 15) is 0 Å². The maximum absolute atomic E-state index is 5.95. The van der Waals surface area contributed by atoms with Crippen molar-refractivity contribution in [1.29, 1.82) is 0 Å². The molecule has 3 aromatic heterocycles. The molecule has 0 aliphatic carbocycles. The van der Waals surface area contributed by atoms with Crippen molar-refractivity contribution in [3.8, 4) is 17.3 Å². The molecule has 90 valence electrons. The van der Waals surface area contributed by atoms with E-state index in [1.54, 1.807) is 17.1 Å². The van der Waals surface area contributed by atoms with Gasteiger partial charge in [0.15, 0.2) is 17.3 Å². The molecule has 2 N–H and O–H groups in total. The van der Waals surface area contributed by atoms with Crippen LogP contribution in [0.1, 0.15) is 5.76 Å². The number of pyridine rings is 1. The molecule has 0 fully saturated rings. The molecule has 0 unspecified atom stereocenters. The Bertz CT molecular complexity index is 669. The van der Waals surface area contributed by atoms with E-state index in [0.717, 1.165) is 11.6 Å². The molecule has 0 aromatic carbocycles. The highest BCUT2D eigenvalue weighted by Crippen LogP contribution is 2.26. The molecule has 3 aromatic rings. The Kier molecular flexibility index (Phi) is 2.37. The summed E-state index contributed by atoms with van der Waals surface area (Å²) in [5.41, 5.74) is 7.15. The monoisotopic (exact) mass is 240 g/mol. The van der Waals surface area contributed by atoms with Crippen LogP contribution in [-0.4, -0.2) is 14.8 Å². The molecule has 18 heavy (non-hydrogen) atoms. The van der Waals surface area contributed by atoms with Crippen molar-refractivity contribution in [2.75, 3.05) is 5.73 Å². The number of hydrogen-bond donors (Lipinski definition) is 1. The van der Waals surface area contributed by atoms with Gasteiger partial charge >= 0.3 is 0 Å². The zero-order chi connectivity index (χ0) is 12.5. The van der Waals surface area contributed by atoms with E-state index >= 15 is 0 Å². The fourth-order valence-corrected chi connectivity index (χ4v) is 1.75. The van der Waals surface area contributed by atoms with E-state index in [0.29, 0.717) is 17.1 Å². The van der Waals surface area contributed by atoms with Gasteiger partial charge in [-0.2, -0.15) is 5.10 Å². The lowest BCUT2D eigenvalue weighted by atomic mass is 10.3. The molecule has 0 amide bonds. The van der Waals surface area contributed by atoms with Crippen LogP contribution < -0.4 is 5.73 Å². The standard InChI is InChI=1S/C13H12N4O/c1-9-5-6-11(18-9)13-10(14)8-17(16-13)12-4-2-3-7-15-12/h2-8H,14H2,1H3. The molecule has 3 heterocycles. The van der Waals surface area contributed by atoms with E-state index < -0.39 is 0 Å². The quantitative estimate of drug-likeness (QED) is 0.746. The third-order valence-corrected chi connectivity index (χ3v) is 2.60. The Labute approximate surface area is 104 Å². The van der Waals surface area contributed by atoms with Crippen molar-refractivity contribution < 1.29 is 4.42 Å². The van der Waals surface area contributed by atoms with Gasteiger partial charge in [-0.1, -0.05) is 6.07 Å². The summed E-state index contributed by atoms with van der Waals surface area (Å²) in [7, 11) is 0. The van der Waals surface area contributed by atoms with Crippen molar-refractivity contribution in [3.05, 3.63) is 48.5 Å². The van der Waals surface area contributed by atoms with Gasteiger partial charge in [0.2, 0.25) is 0 Å². The second kappa shape index (κ2) is 4.03. The van der Waals surface area contributed by atoms with E-state index in [-0.39, 0.29) is 0 Å². The molecule has 5 heteroatoms. The Morgan fingerprint density at radius 2 is 2.11 bits per heavy atom. The first-order valence-electron chi connectivity index (χ1n) is 5.57. The molecular formula is C13H12N4O. The number of aryl methyl sites for hydroxylation is 1. The van der Waals surface area contributed by atoms with Crippen molar-refractivity contribution in [2.45, 2.75) is 6.92 Å². The SMILES string of the molecule is Cc1ccc(-c2nn(-c3ccccn3)cc2N)o1. The Morgan fingerprint density at radius 3 is 2.78 bits per heavy atom. The lowest BCUT2D eigenvalue weighted by Gasteiger charge is -1.97. The molecule has 0 saturated heterocycles. The lowest BCUT2D eigenvalue weighted by molar-refractivity contribution is 0.546. The Hall–Kier alpha value is -2.56. The van der Waals surface area contributed by atoms with Crippen LogP contribution >= 0.6 is 0 Å². The second-order valence-electron chi connectivity index (χ2n) is 3.98. The third kappa shape index (κ3) is 1.75. The number of nitrogen functional groups attached to an aromatic ring is 1. The zero-order valence-electron chi connectivity index (χ0n) is 9.87. The van der Waals surface area contributed by atoms with Gasteiger partial charge in [0.05, 0.1) is 11.9 Å². The highest BCUT2D eigenvalue weighted by Gasteiger charge is 2.12.